The van der Waals surface area contributed by atoms with E-state index in [9.17, 15) is 5.11 Å². The Hall–Kier alpha value is -0.670. The molecule has 0 aliphatic carbocycles. The summed E-state index contributed by atoms with van der Waals surface area (Å²) >= 11 is 1.84. The molecular weight excluding hydrogens is 208 g/mol. The van der Waals surface area contributed by atoms with Crippen LogP contribution in [0.3, 0.4) is 0 Å². The number of thioether (sulfide) groups is 1. The third-order valence-electron chi connectivity index (χ3n) is 2.80. The van der Waals surface area contributed by atoms with E-state index in [0.29, 0.717) is 5.92 Å². The molecule has 1 heterocycles. The van der Waals surface area contributed by atoms with Gasteiger partial charge in [0.1, 0.15) is 5.75 Å². The van der Waals surface area contributed by atoms with Crippen molar-refractivity contribution in [3.8, 4) is 5.75 Å². The summed E-state index contributed by atoms with van der Waals surface area (Å²) in [5.74, 6) is 3.25. The summed E-state index contributed by atoms with van der Waals surface area (Å²) in [7, 11) is 1.68. The van der Waals surface area contributed by atoms with Crippen LogP contribution >= 0.6 is 11.8 Å². The Labute approximate surface area is 94.6 Å². The number of benzene rings is 1. The van der Waals surface area contributed by atoms with Gasteiger partial charge in [-0.05, 0) is 35.8 Å². The number of hydrogen-bond donors (Lipinski definition) is 1. The zero-order valence-electron chi connectivity index (χ0n) is 8.85. The van der Waals surface area contributed by atoms with E-state index in [1.165, 1.54) is 5.56 Å². The van der Waals surface area contributed by atoms with E-state index < -0.39 is 0 Å². The lowest BCUT2D eigenvalue weighted by atomic mass is 9.97. The fraction of sp³-hybridized carbons (Fsp3) is 0.500. The van der Waals surface area contributed by atoms with Gasteiger partial charge in [-0.2, -0.15) is 11.8 Å². The van der Waals surface area contributed by atoms with E-state index in [-0.39, 0.29) is 6.10 Å². The molecule has 3 heteroatoms. The van der Waals surface area contributed by atoms with Crippen LogP contribution in [0, 0.1) is 5.92 Å². The normalized spacial score (nSPS) is 25.5. The summed E-state index contributed by atoms with van der Waals surface area (Å²) in [6, 6.07) is 8.10. The largest absolute Gasteiger partial charge is 0.497 e. The number of aliphatic hydroxyl groups excluding tert-OH is 1. The highest BCUT2D eigenvalue weighted by atomic mass is 32.2. The van der Waals surface area contributed by atoms with Crippen LogP contribution in [0.5, 0.6) is 5.75 Å². The monoisotopic (exact) mass is 224 g/mol. The van der Waals surface area contributed by atoms with E-state index >= 15 is 0 Å². The molecule has 1 N–H and O–H groups in total. The smallest absolute Gasteiger partial charge is 0.119 e. The Kier molecular flexibility index (Phi) is 3.54. The van der Waals surface area contributed by atoms with Gasteiger partial charge in [0.05, 0.1) is 13.2 Å². The molecule has 2 nitrogen and oxygen atoms in total. The van der Waals surface area contributed by atoms with Crippen molar-refractivity contribution in [2.75, 3.05) is 18.6 Å². The minimum Gasteiger partial charge on any atom is -0.497 e. The van der Waals surface area contributed by atoms with E-state index in [0.717, 1.165) is 23.7 Å². The first-order valence-corrected chi connectivity index (χ1v) is 6.34. The molecule has 0 radical (unpaired) electrons. The van der Waals surface area contributed by atoms with Crippen molar-refractivity contribution in [1.82, 2.24) is 0 Å². The first-order chi connectivity index (χ1) is 7.29. The standard InChI is InChI=1S/C12H16O2S/c1-14-11-4-2-3-9(6-11)5-10-7-15-8-12(10)13/h2-4,6,10,12-13H,5,7-8H2,1H3. The van der Waals surface area contributed by atoms with Crippen LogP contribution in [0.2, 0.25) is 0 Å². The number of hydrogen-bond acceptors (Lipinski definition) is 3. The van der Waals surface area contributed by atoms with Gasteiger partial charge in [0.2, 0.25) is 0 Å². The topological polar surface area (TPSA) is 29.5 Å². The second-order valence-electron chi connectivity index (χ2n) is 3.92. The molecule has 1 aromatic carbocycles. The molecule has 2 unspecified atom stereocenters. The van der Waals surface area contributed by atoms with Crippen LogP contribution in [0.25, 0.3) is 0 Å². The maximum Gasteiger partial charge on any atom is 0.119 e. The Bertz CT molecular complexity index is 327. The molecule has 82 valence electrons. The van der Waals surface area contributed by atoms with Crippen LogP contribution in [0.1, 0.15) is 5.56 Å². The van der Waals surface area contributed by atoms with Crippen molar-refractivity contribution in [2.45, 2.75) is 12.5 Å². The highest BCUT2D eigenvalue weighted by molar-refractivity contribution is 7.99. The fourth-order valence-electron chi connectivity index (χ4n) is 1.88. The Morgan fingerprint density at radius 3 is 3.00 bits per heavy atom. The van der Waals surface area contributed by atoms with Gasteiger partial charge in [0.25, 0.3) is 0 Å². The summed E-state index contributed by atoms with van der Waals surface area (Å²) in [5.41, 5.74) is 1.25. The van der Waals surface area contributed by atoms with Crippen LogP contribution in [-0.4, -0.2) is 29.8 Å². The van der Waals surface area contributed by atoms with Gasteiger partial charge in [-0.1, -0.05) is 12.1 Å². The number of rotatable bonds is 3. The molecule has 2 atom stereocenters. The second-order valence-corrected chi connectivity index (χ2v) is 5.00. The lowest BCUT2D eigenvalue weighted by Gasteiger charge is -2.13. The molecule has 1 aliphatic heterocycles. The minimum atomic E-state index is -0.138. The molecule has 0 spiro atoms. The zero-order valence-corrected chi connectivity index (χ0v) is 9.67. The van der Waals surface area contributed by atoms with Crippen LogP contribution in [-0.2, 0) is 6.42 Å². The molecule has 0 aromatic heterocycles. The third-order valence-corrected chi connectivity index (χ3v) is 4.04. The zero-order chi connectivity index (χ0) is 10.7. The van der Waals surface area contributed by atoms with E-state index in [1.807, 2.05) is 23.9 Å². The van der Waals surface area contributed by atoms with Crippen molar-refractivity contribution < 1.29 is 9.84 Å². The van der Waals surface area contributed by atoms with Crippen molar-refractivity contribution in [2.24, 2.45) is 5.92 Å². The second kappa shape index (κ2) is 4.90. The van der Waals surface area contributed by atoms with E-state index in [4.69, 9.17) is 4.74 Å². The average molecular weight is 224 g/mol. The molecule has 0 saturated carbocycles. The van der Waals surface area contributed by atoms with Gasteiger partial charge in [-0.25, -0.2) is 0 Å². The van der Waals surface area contributed by atoms with Gasteiger partial charge in [-0.3, -0.25) is 0 Å². The Balaban J connectivity index is 2.03. The molecule has 1 aliphatic rings. The van der Waals surface area contributed by atoms with Gasteiger partial charge >= 0.3 is 0 Å². The predicted molar refractivity (Wildman–Crippen MR) is 63.5 cm³/mol. The molecule has 1 aromatic rings. The van der Waals surface area contributed by atoms with Crippen molar-refractivity contribution in [3.05, 3.63) is 29.8 Å². The lowest BCUT2D eigenvalue weighted by Crippen LogP contribution is -2.19. The molecule has 1 saturated heterocycles. The van der Waals surface area contributed by atoms with Crippen LogP contribution in [0.15, 0.2) is 24.3 Å². The maximum absolute atomic E-state index is 9.72. The molecule has 2 rings (SSSR count). The van der Waals surface area contributed by atoms with E-state index in [2.05, 4.69) is 12.1 Å². The van der Waals surface area contributed by atoms with Gasteiger partial charge < -0.3 is 9.84 Å². The number of aliphatic hydroxyl groups is 1. The van der Waals surface area contributed by atoms with Gasteiger partial charge in [0.15, 0.2) is 0 Å². The van der Waals surface area contributed by atoms with Gasteiger partial charge in [-0.15, -0.1) is 0 Å². The first-order valence-electron chi connectivity index (χ1n) is 5.18. The predicted octanol–water partition coefficient (Wildman–Crippen LogP) is 1.96. The molecule has 0 amide bonds. The highest BCUT2D eigenvalue weighted by Gasteiger charge is 2.25. The van der Waals surface area contributed by atoms with Crippen molar-refractivity contribution in [3.63, 3.8) is 0 Å². The summed E-state index contributed by atoms with van der Waals surface area (Å²) < 4.78 is 5.18. The summed E-state index contributed by atoms with van der Waals surface area (Å²) in [5, 5.41) is 9.72. The number of ether oxygens (including phenoxy) is 1. The molecule has 15 heavy (non-hydrogen) atoms. The summed E-state index contributed by atoms with van der Waals surface area (Å²) in [6.45, 7) is 0. The molecule has 1 fully saturated rings. The quantitative estimate of drug-likeness (QED) is 0.851. The molecule has 0 bridgehead atoms. The lowest BCUT2D eigenvalue weighted by molar-refractivity contribution is 0.150. The maximum atomic E-state index is 9.72. The fourth-order valence-corrected chi connectivity index (χ4v) is 3.18. The average Bonchev–Trinajstić information content (AvgIpc) is 2.65. The molecular formula is C12H16O2S. The van der Waals surface area contributed by atoms with Crippen LogP contribution < -0.4 is 4.74 Å². The van der Waals surface area contributed by atoms with Crippen molar-refractivity contribution >= 4 is 11.8 Å². The highest BCUT2D eigenvalue weighted by Crippen LogP contribution is 2.28. The summed E-state index contributed by atoms with van der Waals surface area (Å²) in [4.78, 5) is 0. The first kappa shape index (κ1) is 10.8. The Morgan fingerprint density at radius 2 is 2.33 bits per heavy atom. The summed E-state index contributed by atoms with van der Waals surface area (Å²) in [6.07, 6.45) is 0.812. The van der Waals surface area contributed by atoms with E-state index in [1.54, 1.807) is 7.11 Å². The minimum absolute atomic E-state index is 0.138. The number of methoxy groups -OCH3 is 1. The third kappa shape index (κ3) is 2.67. The van der Waals surface area contributed by atoms with Crippen molar-refractivity contribution in [1.29, 1.82) is 0 Å². The van der Waals surface area contributed by atoms with Gasteiger partial charge in [0, 0.05) is 5.75 Å². The van der Waals surface area contributed by atoms with Crippen LogP contribution in [0.4, 0.5) is 0 Å². The Morgan fingerprint density at radius 1 is 1.47 bits per heavy atom. The SMILES string of the molecule is COc1cccc(CC2CSCC2O)c1.